The van der Waals surface area contributed by atoms with E-state index in [1.807, 2.05) is 36.4 Å². The van der Waals surface area contributed by atoms with Crippen LogP contribution in [-0.4, -0.2) is 48.1 Å². The maximum Gasteiger partial charge on any atom is 2.00 e. The Kier molecular flexibility index (Phi) is 19.2. The number of rotatable bonds is 6. The number of carbonyl (C=O) groups is 2. The summed E-state index contributed by atoms with van der Waals surface area (Å²) in [6.07, 6.45) is -2.99. The topological polar surface area (TPSA) is 124 Å². The molecule has 0 saturated heterocycles. The van der Waals surface area contributed by atoms with Crippen molar-refractivity contribution in [3.63, 3.8) is 0 Å². The molecular formula is C32H26CoF6N2O6. The van der Waals surface area contributed by atoms with Crippen LogP contribution in [0, 0.1) is 0 Å². The molecular weight excluding hydrogens is 681 g/mol. The number of halogens is 6. The van der Waals surface area contributed by atoms with Crippen molar-refractivity contribution in [3.05, 3.63) is 145 Å². The number of ether oxygens (including phenoxy) is 2. The molecule has 0 aliphatic heterocycles. The number of ketones is 2. The molecule has 0 atom stereocenters. The SMILES string of the molecule is COc1ccc(C(=O)/C=C(\[O-])C(F)(F)F)cc1.COc1ccc(C(=O)/C=C(\[O-])C(F)(F)F)cc1.[Co+2].c1ccncc1.c1ccncc1. The molecule has 0 bridgehead atoms. The van der Waals surface area contributed by atoms with Crippen molar-refractivity contribution in [2.45, 2.75) is 12.4 Å². The molecule has 2 aromatic carbocycles. The number of hydrogen-bond acceptors (Lipinski definition) is 8. The molecule has 4 aromatic rings. The monoisotopic (exact) mass is 707 g/mol. The fraction of sp³-hybridized carbons (Fsp3) is 0.125. The second-order valence-electron chi connectivity index (χ2n) is 8.25. The van der Waals surface area contributed by atoms with E-state index in [0.29, 0.717) is 11.5 Å². The van der Waals surface area contributed by atoms with E-state index in [1.54, 1.807) is 24.8 Å². The van der Waals surface area contributed by atoms with E-state index in [4.69, 9.17) is 9.47 Å². The van der Waals surface area contributed by atoms with Crippen molar-refractivity contribution in [1.29, 1.82) is 0 Å². The molecule has 1 radical (unpaired) electrons. The van der Waals surface area contributed by atoms with Crippen LogP contribution in [0.3, 0.4) is 0 Å². The Morgan fingerprint density at radius 1 is 0.574 bits per heavy atom. The third-order valence-electron chi connectivity index (χ3n) is 4.97. The van der Waals surface area contributed by atoms with Gasteiger partial charge in [0, 0.05) is 35.9 Å². The Morgan fingerprint density at radius 3 is 1.02 bits per heavy atom. The van der Waals surface area contributed by atoms with E-state index in [-0.39, 0.29) is 40.1 Å². The van der Waals surface area contributed by atoms with Gasteiger partial charge in [0.15, 0.2) is 11.6 Å². The van der Waals surface area contributed by atoms with Gasteiger partial charge >= 0.3 is 29.1 Å². The van der Waals surface area contributed by atoms with Crippen molar-refractivity contribution in [3.8, 4) is 11.5 Å². The summed E-state index contributed by atoms with van der Waals surface area (Å²) in [6, 6.07) is 22.2. The number of alkyl halides is 6. The van der Waals surface area contributed by atoms with E-state index < -0.39 is 35.4 Å². The Balaban J connectivity index is 0.000000656. The van der Waals surface area contributed by atoms with Crippen molar-refractivity contribution >= 4 is 11.6 Å². The van der Waals surface area contributed by atoms with Crippen molar-refractivity contribution in [2.24, 2.45) is 0 Å². The first kappa shape index (κ1) is 41.8. The van der Waals surface area contributed by atoms with Crippen LogP contribution in [0.2, 0.25) is 0 Å². The fourth-order valence-electron chi connectivity index (χ4n) is 2.70. The average Bonchev–Trinajstić information content (AvgIpc) is 3.06. The van der Waals surface area contributed by atoms with Crippen LogP contribution in [0.5, 0.6) is 11.5 Å². The quantitative estimate of drug-likeness (QED) is 0.111. The third kappa shape index (κ3) is 17.8. The molecule has 47 heavy (non-hydrogen) atoms. The number of aromatic nitrogens is 2. The zero-order valence-corrected chi connectivity index (χ0v) is 25.5. The number of benzene rings is 2. The number of hydrogen-bond donors (Lipinski definition) is 0. The summed E-state index contributed by atoms with van der Waals surface area (Å²) in [7, 11) is 2.83. The van der Waals surface area contributed by atoms with Crippen molar-refractivity contribution in [2.75, 3.05) is 14.2 Å². The molecule has 2 aromatic heterocycles. The maximum atomic E-state index is 11.9. The van der Waals surface area contributed by atoms with Gasteiger partial charge in [-0.1, -0.05) is 12.1 Å². The first-order valence-corrected chi connectivity index (χ1v) is 12.7. The van der Waals surface area contributed by atoms with Gasteiger partial charge in [-0.15, -0.1) is 0 Å². The molecule has 15 heteroatoms. The molecule has 0 unspecified atom stereocenters. The van der Waals surface area contributed by atoms with Gasteiger partial charge in [0.05, 0.1) is 14.2 Å². The molecule has 0 N–H and O–H groups in total. The Bertz CT molecular complexity index is 1350. The second kappa shape index (κ2) is 21.6. The normalized spacial score (nSPS) is 11.0. The van der Waals surface area contributed by atoms with E-state index in [0.717, 1.165) is 0 Å². The van der Waals surface area contributed by atoms with Gasteiger partial charge in [-0.25, -0.2) is 0 Å². The van der Waals surface area contributed by atoms with Crippen molar-refractivity contribution in [1.82, 2.24) is 9.97 Å². The summed E-state index contributed by atoms with van der Waals surface area (Å²) < 4.78 is 81.0. The maximum absolute atomic E-state index is 11.9. The molecule has 4 rings (SSSR count). The summed E-state index contributed by atoms with van der Waals surface area (Å²) in [5, 5.41) is 21.1. The second-order valence-corrected chi connectivity index (χ2v) is 8.25. The van der Waals surface area contributed by atoms with Crippen molar-refractivity contribution < 1.29 is 72.4 Å². The minimum Gasteiger partial charge on any atom is -0.869 e. The van der Waals surface area contributed by atoms with Crippen LogP contribution in [0.1, 0.15) is 20.7 Å². The molecule has 0 aliphatic carbocycles. The number of allylic oxidation sites excluding steroid dienone is 4. The number of methoxy groups -OCH3 is 2. The Morgan fingerprint density at radius 2 is 0.851 bits per heavy atom. The molecule has 0 aliphatic rings. The van der Waals surface area contributed by atoms with Gasteiger partial charge in [0.1, 0.15) is 11.5 Å². The smallest absolute Gasteiger partial charge is 0.869 e. The zero-order valence-electron chi connectivity index (χ0n) is 24.5. The van der Waals surface area contributed by atoms with Gasteiger partial charge in [-0.3, -0.25) is 19.6 Å². The van der Waals surface area contributed by atoms with Gasteiger partial charge < -0.3 is 19.7 Å². The average molecular weight is 707 g/mol. The summed E-state index contributed by atoms with van der Waals surface area (Å²) in [4.78, 5) is 30.1. The zero-order chi connectivity index (χ0) is 34.6. The minimum atomic E-state index is -5.03. The number of pyridine rings is 2. The molecule has 2 heterocycles. The van der Waals surface area contributed by atoms with Crippen LogP contribution in [-0.2, 0) is 16.8 Å². The summed E-state index contributed by atoms with van der Waals surface area (Å²) in [6.45, 7) is 0. The first-order chi connectivity index (χ1) is 21.7. The summed E-state index contributed by atoms with van der Waals surface area (Å²) in [5.74, 6) is -5.39. The standard InChI is InChI=1S/2C11H9F3O3.2C5H5N.Co/c2*1-17-8-4-2-7(3-5-8)9(15)6-10(16)11(12,13)14;2*1-2-4-6-5-3-1;/h2*2-6,16H,1H3;2*1-5H;/q;;;;+2/p-2/b2*10-6-;;;. The van der Waals surface area contributed by atoms with E-state index >= 15 is 0 Å². The fourth-order valence-corrected chi connectivity index (χ4v) is 2.70. The largest absolute Gasteiger partial charge is 2.00 e. The van der Waals surface area contributed by atoms with Gasteiger partial charge in [0.2, 0.25) is 0 Å². The molecule has 251 valence electrons. The van der Waals surface area contributed by atoms with Crippen LogP contribution >= 0.6 is 0 Å². The number of nitrogens with zero attached hydrogens (tertiary/aromatic N) is 2. The van der Waals surface area contributed by atoms with Crippen LogP contribution < -0.4 is 19.7 Å². The van der Waals surface area contributed by atoms with E-state index in [9.17, 15) is 46.1 Å². The summed E-state index contributed by atoms with van der Waals surface area (Å²) >= 11 is 0. The summed E-state index contributed by atoms with van der Waals surface area (Å²) in [5.41, 5.74) is -0.0215. The Labute approximate surface area is 276 Å². The van der Waals surface area contributed by atoms with E-state index in [1.165, 1.54) is 62.8 Å². The van der Waals surface area contributed by atoms with Crippen LogP contribution in [0.4, 0.5) is 26.3 Å². The van der Waals surface area contributed by atoms with Gasteiger partial charge in [-0.2, -0.15) is 26.3 Å². The van der Waals surface area contributed by atoms with Gasteiger partial charge in [0.25, 0.3) is 0 Å². The first-order valence-electron chi connectivity index (χ1n) is 12.7. The predicted molar refractivity (Wildman–Crippen MR) is 151 cm³/mol. The minimum absolute atomic E-state index is 0. The molecule has 8 nitrogen and oxygen atoms in total. The van der Waals surface area contributed by atoms with Gasteiger partial charge in [-0.05, 0) is 96.5 Å². The predicted octanol–water partition coefficient (Wildman–Crippen LogP) is 5.53. The molecule has 0 saturated carbocycles. The molecule has 0 fully saturated rings. The number of carbonyl (C=O) groups excluding carboxylic acids is 2. The third-order valence-corrected chi connectivity index (χ3v) is 4.97. The molecule has 0 amide bonds. The van der Waals surface area contributed by atoms with Crippen LogP contribution in [0.25, 0.3) is 0 Å². The Hall–Kier alpha value is -5.15. The van der Waals surface area contributed by atoms with Crippen LogP contribution in [0.15, 0.2) is 133 Å². The molecule has 0 spiro atoms. The van der Waals surface area contributed by atoms with E-state index in [2.05, 4.69) is 9.97 Å².